The standard InChI is InChI=1S/C20H23N7O3/c1-26(2)19-23-11-14-16(25-19)10-15(24-18(14)29)13-4-8-27(9-5-13)17(28)12-30-20-21-6-3-7-22-20/h3,6-7,10-11,13H,4-5,8-9,12H2,1-2H3,(H,24,29). The minimum absolute atomic E-state index is 0.0915. The zero-order valence-corrected chi connectivity index (χ0v) is 16.9. The Morgan fingerprint density at radius 3 is 2.67 bits per heavy atom. The van der Waals surface area contributed by atoms with E-state index in [4.69, 9.17) is 4.74 Å². The number of ether oxygens (including phenoxy) is 1. The summed E-state index contributed by atoms with van der Waals surface area (Å²) in [6, 6.07) is 3.79. The van der Waals surface area contributed by atoms with Crippen LogP contribution in [-0.2, 0) is 4.79 Å². The molecule has 3 aromatic heterocycles. The highest BCUT2D eigenvalue weighted by Gasteiger charge is 2.25. The molecule has 0 bridgehead atoms. The Labute approximate surface area is 173 Å². The largest absolute Gasteiger partial charge is 0.453 e. The van der Waals surface area contributed by atoms with Crippen LogP contribution in [0.1, 0.15) is 24.5 Å². The van der Waals surface area contributed by atoms with Gasteiger partial charge in [-0.05, 0) is 25.0 Å². The summed E-state index contributed by atoms with van der Waals surface area (Å²) in [5.74, 6) is 0.612. The van der Waals surface area contributed by atoms with Gasteiger partial charge in [-0.3, -0.25) is 9.59 Å². The lowest BCUT2D eigenvalue weighted by molar-refractivity contribution is -0.134. The van der Waals surface area contributed by atoms with E-state index in [9.17, 15) is 9.59 Å². The lowest BCUT2D eigenvalue weighted by Crippen LogP contribution is -2.40. The Hall–Kier alpha value is -3.56. The fourth-order valence-corrected chi connectivity index (χ4v) is 3.50. The van der Waals surface area contributed by atoms with Crippen LogP contribution in [0.2, 0.25) is 0 Å². The number of fused-ring (bicyclic) bond motifs is 1. The molecular weight excluding hydrogens is 386 g/mol. The highest BCUT2D eigenvalue weighted by atomic mass is 16.5. The molecule has 10 heteroatoms. The molecule has 0 aromatic carbocycles. The molecule has 1 aliphatic heterocycles. The van der Waals surface area contributed by atoms with Crippen LogP contribution >= 0.6 is 0 Å². The zero-order valence-electron chi connectivity index (χ0n) is 16.9. The average molecular weight is 409 g/mol. The van der Waals surface area contributed by atoms with Crippen LogP contribution in [-0.4, -0.2) is 69.5 Å². The third kappa shape index (κ3) is 4.22. The molecule has 10 nitrogen and oxygen atoms in total. The minimum atomic E-state index is -0.192. The predicted molar refractivity (Wildman–Crippen MR) is 111 cm³/mol. The maximum Gasteiger partial charge on any atom is 0.316 e. The molecule has 30 heavy (non-hydrogen) atoms. The Bertz CT molecular complexity index is 1090. The van der Waals surface area contributed by atoms with E-state index in [1.54, 1.807) is 34.5 Å². The van der Waals surface area contributed by atoms with Crippen molar-refractivity contribution in [2.24, 2.45) is 0 Å². The number of hydrogen-bond acceptors (Lipinski definition) is 8. The Kier molecular flexibility index (Phi) is 5.55. The summed E-state index contributed by atoms with van der Waals surface area (Å²) in [4.78, 5) is 48.0. The maximum absolute atomic E-state index is 12.5. The summed E-state index contributed by atoms with van der Waals surface area (Å²) in [6.07, 6.45) is 6.18. The molecular formula is C20H23N7O3. The number of anilines is 1. The number of aromatic amines is 1. The first-order valence-corrected chi connectivity index (χ1v) is 9.76. The number of piperidine rings is 1. The third-order valence-corrected chi connectivity index (χ3v) is 5.15. The van der Waals surface area contributed by atoms with Crippen LogP contribution in [0.4, 0.5) is 5.95 Å². The van der Waals surface area contributed by atoms with Crippen molar-refractivity contribution in [3.8, 4) is 6.01 Å². The lowest BCUT2D eigenvalue weighted by Gasteiger charge is -2.31. The smallest absolute Gasteiger partial charge is 0.316 e. The number of nitrogens with zero attached hydrogens (tertiary/aromatic N) is 6. The summed E-state index contributed by atoms with van der Waals surface area (Å²) in [5, 5.41) is 0.470. The van der Waals surface area contributed by atoms with Crippen LogP contribution < -0.4 is 15.2 Å². The number of likely N-dealkylation sites (tertiary alicyclic amines) is 1. The van der Waals surface area contributed by atoms with Crippen molar-refractivity contribution in [3.05, 3.63) is 46.8 Å². The number of amides is 1. The lowest BCUT2D eigenvalue weighted by atomic mass is 9.92. The van der Waals surface area contributed by atoms with Crippen LogP contribution in [0.25, 0.3) is 10.9 Å². The Balaban J connectivity index is 1.41. The average Bonchev–Trinajstić information content (AvgIpc) is 2.77. The van der Waals surface area contributed by atoms with E-state index in [2.05, 4.69) is 24.9 Å². The van der Waals surface area contributed by atoms with Crippen LogP contribution in [0.15, 0.2) is 35.5 Å². The first-order chi connectivity index (χ1) is 14.5. The molecule has 1 aliphatic rings. The summed E-state index contributed by atoms with van der Waals surface area (Å²) in [6.45, 7) is 1.09. The summed E-state index contributed by atoms with van der Waals surface area (Å²) in [7, 11) is 3.71. The molecule has 0 saturated carbocycles. The fraction of sp³-hybridized carbons (Fsp3) is 0.400. The van der Waals surface area contributed by atoms with Gasteiger partial charge < -0.3 is 19.5 Å². The fourth-order valence-electron chi connectivity index (χ4n) is 3.50. The van der Waals surface area contributed by atoms with E-state index in [0.717, 1.165) is 18.5 Å². The number of aromatic nitrogens is 5. The first kappa shape index (κ1) is 19.7. The molecule has 0 spiro atoms. The zero-order chi connectivity index (χ0) is 21.1. The molecule has 0 atom stereocenters. The van der Waals surface area contributed by atoms with Crippen LogP contribution in [0.3, 0.4) is 0 Å². The van der Waals surface area contributed by atoms with E-state index in [-0.39, 0.29) is 30.0 Å². The molecule has 0 aliphatic carbocycles. The molecule has 1 fully saturated rings. The van der Waals surface area contributed by atoms with Crippen molar-refractivity contribution >= 4 is 22.8 Å². The van der Waals surface area contributed by atoms with Crippen molar-refractivity contribution in [3.63, 3.8) is 0 Å². The number of nitrogens with one attached hydrogen (secondary N) is 1. The van der Waals surface area contributed by atoms with Gasteiger partial charge in [0.25, 0.3) is 11.5 Å². The van der Waals surface area contributed by atoms with Gasteiger partial charge in [0, 0.05) is 57.4 Å². The number of carbonyl (C=O) groups is 1. The molecule has 4 rings (SSSR count). The molecule has 1 amide bonds. The van der Waals surface area contributed by atoms with Crippen molar-refractivity contribution in [2.75, 3.05) is 38.7 Å². The van der Waals surface area contributed by atoms with Gasteiger partial charge in [0.1, 0.15) is 0 Å². The monoisotopic (exact) mass is 409 g/mol. The Morgan fingerprint density at radius 2 is 1.97 bits per heavy atom. The molecule has 0 radical (unpaired) electrons. The molecule has 1 saturated heterocycles. The SMILES string of the molecule is CN(C)c1ncc2c(=O)[nH]c(C3CCN(C(=O)COc4ncccn4)CC3)cc2n1. The second-order valence-corrected chi connectivity index (χ2v) is 7.39. The van der Waals surface area contributed by atoms with Crippen molar-refractivity contribution in [2.45, 2.75) is 18.8 Å². The quantitative estimate of drug-likeness (QED) is 0.662. The van der Waals surface area contributed by atoms with Crippen molar-refractivity contribution in [1.29, 1.82) is 0 Å². The van der Waals surface area contributed by atoms with Gasteiger partial charge in [0.15, 0.2) is 6.61 Å². The normalized spacial score (nSPS) is 14.7. The van der Waals surface area contributed by atoms with Gasteiger partial charge in [0.05, 0.1) is 10.9 Å². The molecule has 4 heterocycles. The summed E-state index contributed by atoms with van der Waals surface area (Å²) >= 11 is 0. The number of pyridine rings is 1. The van der Waals surface area contributed by atoms with E-state index >= 15 is 0 Å². The van der Waals surface area contributed by atoms with Gasteiger partial charge in [-0.25, -0.2) is 19.9 Å². The number of carbonyl (C=O) groups excluding carboxylic acids is 1. The summed E-state index contributed by atoms with van der Waals surface area (Å²) in [5.41, 5.74) is 1.28. The third-order valence-electron chi connectivity index (χ3n) is 5.15. The Morgan fingerprint density at radius 1 is 1.23 bits per heavy atom. The predicted octanol–water partition coefficient (Wildman–Crippen LogP) is 0.959. The van der Waals surface area contributed by atoms with Crippen molar-refractivity contribution < 1.29 is 9.53 Å². The summed E-state index contributed by atoms with van der Waals surface area (Å²) < 4.78 is 5.35. The highest BCUT2D eigenvalue weighted by molar-refractivity contribution is 5.78. The molecule has 3 aromatic rings. The maximum atomic E-state index is 12.5. The molecule has 0 unspecified atom stereocenters. The topological polar surface area (TPSA) is 117 Å². The van der Waals surface area contributed by atoms with E-state index in [1.165, 1.54) is 0 Å². The second-order valence-electron chi connectivity index (χ2n) is 7.39. The van der Waals surface area contributed by atoms with Gasteiger partial charge in [-0.15, -0.1) is 0 Å². The van der Waals surface area contributed by atoms with Gasteiger partial charge in [-0.2, -0.15) is 0 Å². The number of rotatable bonds is 5. The van der Waals surface area contributed by atoms with Gasteiger partial charge >= 0.3 is 6.01 Å². The molecule has 1 N–H and O–H groups in total. The minimum Gasteiger partial charge on any atom is -0.453 e. The van der Waals surface area contributed by atoms with E-state index < -0.39 is 0 Å². The van der Waals surface area contributed by atoms with Crippen molar-refractivity contribution in [1.82, 2.24) is 29.8 Å². The molecule has 156 valence electrons. The number of H-pyrrole nitrogens is 1. The second kappa shape index (κ2) is 8.44. The van der Waals surface area contributed by atoms with Gasteiger partial charge in [0.2, 0.25) is 5.95 Å². The van der Waals surface area contributed by atoms with E-state index in [1.807, 2.05) is 20.2 Å². The van der Waals surface area contributed by atoms with Gasteiger partial charge in [-0.1, -0.05) is 0 Å². The van der Waals surface area contributed by atoms with E-state index in [0.29, 0.717) is 29.9 Å². The van der Waals surface area contributed by atoms with Crippen LogP contribution in [0, 0.1) is 0 Å². The first-order valence-electron chi connectivity index (χ1n) is 9.76. The van der Waals surface area contributed by atoms with Crippen LogP contribution in [0.5, 0.6) is 6.01 Å². The highest BCUT2D eigenvalue weighted by Crippen LogP contribution is 2.27. The number of hydrogen-bond donors (Lipinski definition) is 1.